The number of hydrogen-bond donors (Lipinski definition) is 2. The van der Waals surface area contributed by atoms with Gasteiger partial charge in [-0.3, -0.25) is 0 Å². The highest BCUT2D eigenvalue weighted by atomic mass is 79.9. The van der Waals surface area contributed by atoms with E-state index >= 15 is 0 Å². The Labute approximate surface area is 137 Å². The largest absolute Gasteiger partial charge is 0.417 e. The lowest BCUT2D eigenvalue weighted by molar-refractivity contribution is -0.137. The zero-order valence-corrected chi connectivity index (χ0v) is 13.7. The summed E-state index contributed by atoms with van der Waals surface area (Å²) in [6, 6.07) is 7.63. The van der Waals surface area contributed by atoms with E-state index in [0.717, 1.165) is 14.7 Å². The molecule has 0 radical (unpaired) electrons. The Morgan fingerprint density at radius 1 is 1.29 bits per heavy atom. The van der Waals surface area contributed by atoms with Crippen molar-refractivity contribution in [1.29, 1.82) is 0 Å². The lowest BCUT2D eigenvalue weighted by Crippen LogP contribution is -2.18. The van der Waals surface area contributed by atoms with Gasteiger partial charge >= 0.3 is 6.18 Å². The van der Waals surface area contributed by atoms with E-state index in [1.807, 2.05) is 12.1 Å². The second-order valence-electron chi connectivity index (χ2n) is 4.18. The lowest BCUT2D eigenvalue weighted by atomic mass is 10.1. The van der Waals surface area contributed by atoms with Crippen molar-refractivity contribution in [3.05, 3.63) is 50.1 Å². The molecule has 0 aliphatic rings. The van der Waals surface area contributed by atoms with Gasteiger partial charge in [-0.15, -0.1) is 11.3 Å². The van der Waals surface area contributed by atoms with Crippen molar-refractivity contribution in [2.45, 2.75) is 12.7 Å². The fourth-order valence-electron chi connectivity index (χ4n) is 1.74. The smallest absolute Gasteiger partial charge is 0.389 e. The van der Waals surface area contributed by atoms with Crippen molar-refractivity contribution in [3.63, 3.8) is 0 Å². The zero-order chi connectivity index (χ0) is 15.6. The van der Waals surface area contributed by atoms with Crippen LogP contribution in [0.2, 0.25) is 0 Å². The van der Waals surface area contributed by atoms with Crippen LogP contribution >= 0.6 is 39.5 Å². The lowest BCUT2D eigenvalue weighted by Gasteiger charge is -2.14. The predicted molar refractivity (Wildman–Crippen MR) is 86.7 cm³/mol. The van der Waals surface area contributed by atoms with E-state index in [1.54, 1.807) is 0 Å². The van der Waals surface area contributed by atoms with Gasteiger partial charge in [0.05, 0.1) is 9.35 Å². The quantitative estimate of drug-likeness (QED) is 0.733. The number of halogens is 4. The van der Waals surface area contributed by atoms with Gasteiger partial charge in [-0.1, -0.05) is 12.2 Å². The van der Waals surface area contributed by atoms with E-state index in [0.29, 0.717) is 12.2 Å². The van der Waals surface area contributed by atoms with Crippen LogP contribution < -0.4 is 11.1 Å². The predicted octanol–water partition coefficient (Wildman–Crippen LogP) is 4.78. The maximum absolute atomic E-state index is 13.0. The molecular weight excluding hydrogens is 385 g/mol. The molecule has 2 rings (SSSR count). The number of nitrogens with two attached hydrogens (primary N) is 1. The van der Waals surface area contributed by atoms with Crippen LogP contribution in [0.4, 0.5) is 18.9 Å². The van der Waals surface area contributed by atoms with Gasteiger partial charge in [-0.05, 0) is 46.3 Å². The first-order valence-electron chi connectivity index (χ1n) is 5.76. The number of thiocarbonyl (C=S) groups is 1. The molecule has 2 aromatic rings. The first-order valence-corrected chi connectivity index (χ1v) is 7.78. The van der Waals surface area contributed by atoms with E-state index in [4.69, 9.17) is 5.73 Å². The summed E-state index contributed by atoms with van der Waals surface area (Å²) in [5.41, 5.74) is 4.71. The molecule has 3 N–H and O–H groups in total. The summed E-state index contributed by atoms with van der Waals surface area (Å²) in [6.07, 6.45) is -4.50. The Kier molecular flexibility index (Phi) is 4.90. The first kappa shape index (κ1) is 16.3. The van der Waals surface area contributed by atoms with Crippen LogP contribution in [0.25, 0.3) is 0 Å². The molecule has 8 heteroatoms. The third kappa shape index (κ3) is 4.18. The summed E-state index contributed by atoms with van der Waals surface area (Å²) in [4.78, 5) is 0.741. The van der Waals surface area contributed by atoms with E-state index in [-0.39, 0.29) is 10.6 Å². The Bertz CT molecular complexity index is 668. The van der Waals surface area contributed by atoms with Crippen molar-refractivity contribution >= 4 is 50.2 Å². The van der Waals surface area contributed by atoms with Crippen LogP contribution in [0.5, 0.6) is 0 Å². The third-order valence-electron chi connectivity index (χ3n) is 2.69. The molecule has 0 unspecified atom stereocenters. The molecule has 1 aromatic heterocycles. The molecule has 0 aliphatic heterocycles. The molecule has 0 aliphatic carbocycles. The molecule has 0 bridgehead atoms. The Hall–Kier alpha value is -1.12. The number of alkyl halides is 3. The van der Waals surface area contributed by atoms with Gasteiger partial charge in [0.25, 0.3) is 0 Å². The topological polar surface area (TPSA) is 38.0 Å². The Morgan fingerprint density at radius 2 is 2.00 bits per heavy atom. The average molecular weight is 395 g/mol. The SMILES string of the molecule is NC(=S)c1ccc(NCc2ccc(Br)s2)cc1C(F)(F)F. The Morgan fingerprint density at radius 3 is 2.52 bits per heavy atom. The standard InChI is InChI=1S/C13H10BrF3N2S2/c14-11-4-2-8(21-11)6-19-7-1-3-9(12(18)20)10(5-7)13(15,16)17/h1-5,19H,6H2,(H2,18,20). The second-order valence-corrected chi connectivity index (χ2v) is 7.17. The van der Waals surface area contributed by atoms with Crippen molar-refractivity contribution in [1.82, 2.24) is 0 Å². The van der Waals surface area contributed by atoms with E-state index < -0.39 is 11.7 Å². The van der Waals surface area contributed by atoms with Crippen LogP contribution in [0.3, 0.4) is 0 Å². The average Bonchev–Trinajstić information content (AvgIpc) is 2.81. The minimum atomic E-state index is -4.50. The van der Waals surface area contributed by atoms with Crippen molar-refractivity contribution in [2.24, 2.45) is 5.73 Å². The summed E-state index contributed by atoms with van der Waals surface area (Å²) in [6.45, 7) is 0.444. The molecule has 0 amide bonds. The van der Waals surface area contributed by atoms with E-state index in [9.17, 15) is 13.2 Å². The van der Waals surface area contributed by atoms with Crippen LogP contribution in [0.1, 0.15) is 16.0 Å². The van der Waals surface area contributed by atoms with Gasteiger partial charge in [-0.25, -0.2) is 0 Å². The summed E-state index contributed by atoms with van der Waals surface area (Å²) in [7, 11) is 0. The van der Waals surface area contributed by atoms with Crippen molar-refractivity contribution in [3.8, 4) is 0 Å². The second kappa shape index (κ2) is 6.33. The fraction of sp³-hybridized carbons (Fsp3) is 0.154. The van der Waals surface area contributed by atoms with Gasteiger partial charge in [0.2, 0.25) is 0 Å². The van der Waals surface area contributed by atoms with E-state index in [1.165, 1.54) is 23.5 Å². The summed E-state index contributed by atoms with van der Waals surface area (Å²) < 4.78 is 40.0. The van der Waals surface area contributed by atoms with Gasteiger partial charge in [-0.2, -0.15) is 13.2 Å². The molecule has 0 atom stereocenters. The Balaban J connectivity index is 2.23. The maximum atomic E-state index is 13.0. The van der Waals surface area contributed by atoms with Crippen LogP contribution in [-0.2, 0) is 12.7 Å². The number of benzene rings is 1. The minimum absolute atomic E-state index is 0.165. The number of nitrogens with one attached hydrogen (secondary N) is 1. The molecule has 0 spiro atoms. The zero-order valence-electron chi connectivity index (χ0n) is 10.5. The highest BCUT2D eigenvalue weighted by molar-refractivity contribution is 9.11. The molecular formula is C13H10BrF3N2S2. The highest BCUT2D eigenvalue weighted by Crippen LogP contribution is 2.34. The number of hydrogen-bond acceptors (Lipinski definition) is 3. The molecule has 1 heterocycles. The van der Waals surface area contributed by atoms with Crippen LogP contribution in [-0.4, -0.2) is 4.99 Å². The number of rotatable bonds is 4. The highest BCUT2D eigenvalue weighted by Gasteiger charge is 2.34. The van der Waals surface area contributed by atoms with Crippen LogP contribution in [0, 0.1) is 0 Å². The fourth-order valence-corrected chi connectivity index (χ4v) is 3.34. The number of thiophene rings is 1. The van der Waals surface area contributed by atoms with Gasteiger partial charge < -0.3 is 11.1 Å². The third-order valence-corrected chi connectivity index (χ3v) is 4.53. The first-order chi connectivity index (χ1) is 9.77. The molecule has 0 saturated carbocycles. The van der Waals surface area contributed by atoms with Crippen molar-refractivity contribution in [2.75, 3.05) is 5.32 Å². The minimum Gasteiger partial charge on any atom is -0.389 e. The molecule has 21 heavy (non-hydrogen) atoms. The molecule has 0 fully saturated rings. The number of anilines is 1. The van der Waals surface area contributed by atoms with E-state index in [2.05, 4.69) is 33.5 Å². The molecule has 0 saturated heterocycles. The summed E-state index contributed by atoms with van der Waals surface area (Å²) in [5, 5.41) is 2.96. The monoisotopic (exact) mass is 394 g/mol. The normalized spacial score (nSPS) is 11.4. The maximum Gasteiger partial charge on any atom is 0.417 e. The molecule has 2 nitrogen and oxygen atoms in total. The molecule has 1 aromatic carbocycles. The van der Waals surface area contributed by atoms with Gasteiger partial charge in [0, 0.05) is 22.7 Å². The molecule has 112 valence electrons. The van der Waals surface area contributed by atoms with Gasteiger partial charge in [0.15, 0.2) is 0 Å². The summed E-state index contributed by atoms with van der Waals surface area (Å²) >= 11 is 9.51. The van der Waals surface area contributed by atoms with Gasteiger partial charge in [0.1, 0.15) is 4.99 Å². The van der Waals surface area contributed by atoms with Crippen LogP contribution in [0.15, 0.2) is 34.1 Å². The summed E-state index contributed by atoms with van der Waals surface area (Å²) in [5.74, 6) is 0. The van der Waals surface area contributed by atoms with Crippen molar-refractivity contribution < 1.29 is 13.2 Å².